The highest BCUT2D eigenvalue weighted by atomic mass is 32.2. The van der Waals surface area contributed by atoms with Crippen molar-refractivity contribution in [2.45, 2.75) is 38.5 Å². The molecule has 0 saturated carbocycles. The van der Waals surface area contributed by atoms with E-state index in [-0.39, 0.29) is 6.10 Å². The molecule has 0 heterocycles. The molecule has 4 nitrogen and oxygen atoms in total. The quantitative estimate of drug-likeness (QED) is 0.779. The lowest BCUT2D eigenvalue weighted by atomic mass is 10.0. The van der Waals surface area contributed by atoms with Crippen LogP contribution in [0, 0.1) is 0 Å². The summed E-state index contributed by atoms with van der Waals surface area (Å²) in [6.07, 6.45) is 1.12. The van der Waals surface area contributed by atoms with Crippen LogP contribution >= 0.6 is 0 Å². The second kappa shape index (κ2) is 5.33. The normalized spacial score (nSPS) is 12.5. The van der Waals surface area contributed by atoms with Gasteiger partial charge in [0.15, 0.2) is 15.6 Å². The van der Waals surface area contributed by atoms with Gasteiger partial charge in [0, 0.05) is 11.8 Å². The van der Waals surface area contributed by atoms with Crippen LogP contribution in [0.5, 0.6) is 5.75 Å². The maximum absolute atomic E-state index is 12.2. The molecule has 0 radical (unpaired) electrons. The molecule has 0 aliphatic heterocycles. The number of hydrogen-bond donors (Lipinski definition) is 0. The van der Waals surface area contributed by atoms with Crippen molar-refractivity contribution in [3.05, 3.63) is 29.8 Å². The Balaban J connectivity index is 3.02. The maximum atomic E-state index is 12.2. The lowest BCUT2D eigenvalue weighted by molar-refractivity contribution is 0.0954. The minimum atomic E-state index is -3.46. The highest BCUT2D eigenvalue weighted by Gasteiger charge is 2.38. The van der Waals surface area contributed by atoms with Crippen molar-refractivity contribution in [1.29, 1.82) is 0 Å². The molecule has 1 aromatic rings. The van der Waals surface area contributed by atoms with Crippen molar-refractivity contribution in [3.8, 4) is 5.75 Å². The molecular weight excluding hydrogens is 264 g/mol. The third-order valence-corrected chi connectivity index (χ3v) is 5.00. The highest BCUT2D eigenvalue weighted by Crippen LogP contribution is 2.23. The number of ketones is 1. The molecule has 106 valence electrons. The molecular formula is C14H20O4S. The summed E-state index contributed by atoms with van der Waals surface area (Å²) in [5.41, 5.74) is 0.367. The number of carbonyl (C=O) groups is 1. The fourth-order valence-electron chi connectivity index (χ4n) is 1.47. The van der Waals surface area contributed by atoms with Gasteiger partial charge in [0.2, 0.25) is 0 Å². The zero-order valence-corrected chi connectivity index (χ0v) is 12.7. The Morgan fingerprint density at radius 2 is 1.63 bits per heavy atom. The molecule has 0 unspecified atom stereocenters. The summed E-state index contributed by atoms with van der Waals surface area (Å²) in [4.78, 5) is 12.2. The van der Waals surface area contributed by atoms with Crippen LogP contribution in [0.15, 0.2) is 24.3 Å². The Labute approximate surface area is 114 Å². The Hall–Kier alpha value is -1.36. The van der Waals surface area contributed by atoms with Crippen LogP contribution in [-0.2, 0) is 9.84 Å². The van der Waals surface area contributed by atoms with Gasteiger partial charge in [-0.25, -0.2) is 8.42 Å². The number of hydrogen-bond acceptors (Lipinski definition) is 4. The topological polar surface area (TPSA) is 60.4 Å². The van der Waals surface area contributed by atoms with Gasteiger partial charge in [-0.15, -0.1) is 0 Å². The predicted octanol–water partition coefficient (Wildman–Crippen LogP) is 2.48. The second-order valence-corrected chi connectivity index (χ2v) is 7.87. The van der Waals surface area contributed by atoms with Gasteiger partial charge in [0.1, 0.15) is 10.5 Å². The van der Waals surface area contributed by atoms with Crippen molar-refractivity contribution in [2.75, 3.05) is 6.26 Å². The first kappa shape index (κ1) is 15.7. The van der Waals surface area contributed by atoms with E-state index < -0.39 is 20.4 Å². The van der Waals surface area contributed by atoms with E-state index in [9.17, 15) is 13.2 Å². The van der Waals surface area contributed by atoms with E-state index in [2.05, 4.69) is 0 Å². The molecule has 0 amide bonds. The standard InChI is InChI=1S/C14H20O4S/c1-10(2)18-12-8-6-11(7-9-12)13(15)14(3,4)19(5,16)17/h6-10H,1-5H3. The van der Waals surface area contributed by atoms with Gasteiger partial charge in [-0.2, -0.15) is 0 Å². The van der Waals surface area contributed by atoms with Crippen molar-refractivity contribution in [3.63, 3.8) is 0 Å². The third-order valence-electron chi connectivity index (χ3n) is 2.96. The fraction of sp³-hybridized carbons (Fsp3) is 0.500. The molecule has 1 aromatic carbocycles. The Morgan fingerprint density at radius 3 is 2.00 bits per heavy atom. The fourth-order valence-corrected chi connectivity index (χ4v) is 1.93. The molecule has 0 bridgehead atoms. The van der Waals surface area contributed by atoms with E-state index in [0.29, 0.717) is 11.3 Å². The molecule has 0 aliphatic rings. The van der Waals surface area contributed by atoms with Gasteiger partial charge in [0.25, 0.3) is 0 Å². The van der Waals surface area contributed by atoms with Crippen LogP contribution < -0.4 is 4.74 Å². The van der Waals surface area contributed by atoms with Crippen LogP contribution in [0.3, 0.4) is 0 Å². The molecule has 0 N–H and O–H groups in total. The zero-order valence-electron chi connectivity index (χ0n) is 11.9. The van der Waals surface area contributed by atoms with Gasteiger partial charge in [0.05, 0.1) is 6.10 Å². The van der Waals surface area contributed by atoms with Crippen LogP contribution in [0.2, 0.25) is 0 Å². The summed E-state index contributed by atoms with van der Waals surface area (Å²) in [5.74, 6) is 0.245. The minimum Gasteiger partial charge on any atom is -0.491 e. The van der Waals surface area contributed by atoms with Crippen LogP contribution in [0.25, 0.3) is 0 Å². The average molecular weight is 284 g/mol. The predicted molar refractivity (Wildman–Crippen MR) is 75.5 cm³/mol. The van der Waals surface area contributed by atoms with Gasteiger partial charge in [-0.1, -0.05) is 0 Å². The molecule has 0 aromatic heterocycles. The first-order valence-electron chi connectivity index (χ1n) is 6.07. The van der Waals surface area contributed by atoms with E-state index >= 15 is 0 Å². The molecule has 0 atom stereocenters. The third kappa shape index (κ3) is 3.56. The Bertz CT molecular complexity index is 554. The van der Waals surface area contributed by atoms with E-state index in [1.807, 2.05) is 13.8 Å². The van der Waals surface area contributed by atoms with Crippen LogP contribution in [0.4, 0.5) is 0 Å². The molecule has 5 heteroatoms. The number of rotatable bonds is 5. The van der Waals surface area contributed by atoms with Crippen molar-refractivity contribution >= 4 is 15.6 Å². The molecule has 19 heavy (non-hydrogen) atoms. The first-order valence-corrected chi connectivity index (χ1v) is 7.96. The number of Topliss-reactive ketones (excluding diaryl/α,β-unsaturated/α-hetero) is 1. The van der Waals surface area contributed by atoms with Gasteiger partial charge in [-0.3, -0.25) is 4.79 Å². The second-order valence-electron chi connectivity index (χ2n) is 5.30. The highest BCUT2D eigenvalue weighted by molar-refractivity contribution is 7.92. The molecule has 0 spiro atoms. The molecule has 0 fully saturated rings. The maximum Gasteiger partial charge on any atom is 0.183 e. The lowest BCUT2D eigenvalue weighted by Crippen LogP contribution is -2.39. The Kier molecular flexibility index (Phi) is 4.40. The summed E-state index contributed by atoms with van der Waals surface area (Å²) in [7, 11) is -3.46. The van der Waals surface area contributed by atoms with Crippen molar-refractivity contribution < 1.29 is 17.9 Å². The van der Waals surface area contributed by atoms with Gasteiger partial charge in [-0.05, 0) is 52.0 Å². The monoisotopic (exact) mass is 284 g/mol. The van der Waals surface area contributed by atoms with Gasteiger partial charge < -0.3 is 4.74 Å². The summed E-state index contributed by atoms with van der Waals surface area (Å²) in [6, 6.07) is 6.52. The van der Waals surface area contributed by atoms with Crippen LogP contribution in [-0.4, -0.2) is 31.3 Å². The summed E-state index contributed by atoms with van der Waals surface area (Å²) in [5, 5.41) is 0. The number of benzene rings is 1. The van der Waals surface area contributed by atoms with E-state index in [1.165, 1.54) is 13.8 Å². The molecule has 0 aliphatic carbocycles. The van der Waals surface area contributed by atoms with E-state index in [0.717, 1.165) is 6.26 Å². The lowest BCUT2D eigenvalue weighted by Gasteiger charge is -2.21. The largest absolute Gasteiger partial charge is 0.491 e. The zero-order chi connectivity index (χ0) is 14.8. The number of sulfone groups is 1. The van der Waals surface area contributed by atoms with Crippen molar-refractivity contribution in [1.82, 2.24) is 0 Å². The summed E-state index contributed by atoms with van der Waals surface area (Å²) in [6.45, 7) is 6.66. The molecule has 0 saturated heterocycles. The number of ether oxygens (including phenoxy) is 1. The summed E-state index contributed by atoms with van der Waals surface area (Å²) >= 11 is 0. The summed E-state index contributed by atoms with van der Waals surface area (Å²) < 4.78 is 27.3. The number of carbonyl (C=O) groups excluding carboxylic acids is 1. The van der Waals surface area contributed by atoms with Crippen molar-refractivity contribution in [2.24, 2.45) is 0 Å². The molecule has 1 rings (SSSR count). The van der Waals surface area contributed by atoms with Gasteiger partial charge >= 0.3 is 0 Å². The SMILES string of the molecule is CC(C)Oc1ccc(C(=O)C(C)(C)S(C)(=O)=O)cc1. The Morgan fingerprint density at radius 1 is 1.16 bits per heavy atom. The van der Waals surface area contributed by atoms with E-state index in [1.54, 1.807) is 24.3 Å². The smallest absolute Gasteiger partial charge is 0.183 e. The first-order chi connectivity index (χ1) is 8.55. The average Bonchev–Trinajstić information content (AvgIpc) is 2.26. The minimum absolute atomic E-state index is 0.0500. The van der Waals surface area contributed by atoms with Crippen LogP contribution in [0.1, 0.15) is 38.1 Å². The van der Waals surface area contributed by atoms with E-state index in [4.69, 9.17) is 4.74 Å².